The first-order valence-electron chi connectivity index (χ1n) is 7.98. The number of hydrogen-bond donors (Lipinski definition) is 1. The minimum Gasteiger partial charge on any atom is -0.423 e. The molecule has 6 heteroatoms. The molecule has 1 aromatic heterocycles. The van der Waals surface area contributed by atoms with Crippen LogP contribution in [0.25, 0.3) is 21.7 Å². The van der Waals surface area contributed by atoms with Crippen LogP contribution in [-0.2, 0) is 10.5 Å². The van der Waals surface area contributed by atoms with E-state index in [9.17, 15) is 4.79 Å². The second-order valence-electron chi connectivity index (χ2n) is 5.81. The molecule has 3 rings (SSSR count). The first-order chi connectivity index (χ1) is 12.1. The van der Waals surface area contributed by atoms with E-state index in [-0.39, 0.29) is 11.7 Å². The highest BCUT2D eigenvalue weighted by Gasteiger charge is 2.11. The van der Waals surface area contributed by atoms with Crippen LogP contribution in [0.5, 0.6) is 0 Å². The summed E-state index contributed by atoms with van der Waals surface area (Å²) >= 11 is 1.41. The first-order valence-corrected chi connectivity index (χ1v) is 8.96. The summed E-state index contributed by atoms with van der Waals surface area (Å²) in [5.74, 6) is 0.547. The summed E-state index contributed by atoms with van der Waals surface area (Å²) in [6.07, 6.45) is 0. The Morgan fingerprint density at radius 2 is 2.12 bits per heavy atom. The maximum absolute atomic E-state index is 11.9. The summed E-state index contributed by atoms with van der Waals surface area (Å²) in [6.45, 7) is 2.46. The van der Waals surface area contributed by atoms with E-state index in [2.05, 4.69) is 4.99 Å². The van der Waals surface area contributed by atoms with Crippen LogP contribution in [0, 0.1) is 0 Å². The van der Waals surface area contributed by atoms with Crippen LogP contribution in [0.1, 0.15) is 12.5 Å². The molecular formula is C19H20N2O3S. The van der Waals surface area contributed by atoms with Crippen molar-refractivity contribution in [2.24, 2.45) is 10.7 Å². The van der Waals surface area contributed by atoms with Gasteiger partial charge in [-0.2, -0.15) is 0 Å². The van der Waals surface area contributed by atoms with Gasteiger partial charge in [-0.05, 0) is 29.3 Å². The molecule has 0 aliphatic carbocycles. The van der Waals surface area contributed by atoms with Crippen LogP contribution in [0.4, 0.5) is 0 Å². The van der Waals surface area contributed by atoms with Gasteiger partial charge >= 0.3 is 5.63 Å². The van der Waals surface area contributed by atoms with Crippen LogP contribution in [-0.4, -0.2) is 24.9 Å². The van der Waals surface area contributed by atoms with Crippen molar-refractivity contribution >= 4 is 38.7 Å². The molecule has 2 N–H and O–H groups in total. The number of hydrogen-bond acceptors (Lipinski definition) is 5. The van der Waals surface area contributed by atoms with Crippen LogP contribution >= 0.6 is 11.8 Å². The molecule has 0 radical (unpaired) electrons. The van der Waals surface area contributed by atoms with Gasteiger partial charge in [-0.3, -0.25) is 4.99 Å². The number of aliphatic imine (C=N–C) groups is 1. The predicted molar refractivity (Wildman–Crippen MR) is 104 cm³/mol. The number of rotatable bonds is 5. The summed E-state index contributed by atoms with van der Waals surface area (Å²) in [7, 11) is 1.63. The van der Waals surface area contributed by atoms with Gasteiger partial charge in [0, 0.05) is 24.3 Å². The molecule has 1 atom stereocenters. The molecule has 1 heterocycles. The van der Waals surface area contributed by atoms with Crippen molar-refractivity contribution in [2.45, 2.75) is 18.7 Å². The first kappa shape index (κ1) is 17.5. The minimum absolute atomic E-state index is 0.00378. The molecule has 0 saturated carbocycles. The van der Waals surface area contributed by atoms with Crippen LogP contribution in [0.3, 0.4) is 0 Å². The van der Waals surface area contributed by atoms with Crippen molar-refractivity contribution in [1.29, 1.82) is 0 Å². The van der Waals surface area contributed by atoms with Gasteiger partial charge in [-0.25, -0.2) is 4.79 Å². The molecular weight excluding hydrogens is 336 g/mol. The zero-order chi connectivity index (χ0) is 17.8. The molecule has 25 heavy (non-hydrogen) atoms. The molecule has 130 valence electrons. The van der Waals surface area contributed by atoms with Crippen LogP contribution < -0.4 is 11.4 Å². The second-order valence-corrected chi connectivity index (χ2v) is 6.81. The number of thioether (sulfide) groups is 1. The Morgan fingerprint density at radius 3 is 2.92 bits per heavy atom. The molecule has 3 aromatic rings. The van der Waals surface area contributed by atoms with Crippen molar-refractivity contribution in [3.05, 3.63) is 58.4 Å². The average Bonchev–Trinajstić information content (AvgIpc) is 2.59. The fraction of sp³-hybridized carbons (Fsp3) is 0.263. The van der Waals surface area contributed by atoms with E-state index in [4.69, 9.17) is 14.9 Å². The lowest BCUT2D eigenvalue weighted by atomic mass is 10.0. The zero-order valence-electron chi connectivity index (χ0n) is 14.2. The SMILES string of the molecule is COC[C@@H](C)N=C(N)SCc1cc(=O)oc2ccc3ccccc3c12. The summed E-state index contributed by atoms with van der Waals surface area (Å²) < 4.78 is 10.4. The zero-order valence-corrected chi connectivity index (χ0v) is 15.0. The highest BCUT2D eigenvalue weighted by atomic mass is 32.2. The average molecular weight is 356 g/mol. The minimum atomic E-state index is -0.360. The number of fused-ring (bicyclic) bond motifs is 3. The maximum Gasteiger partial charge on any atom is 0.336 e. The van der Waals surface area contributed by atoms with E-state index in [0.29, 0.717) is 23.1 Å². The van der Waals surface area contributed by atoms with Crippen LogP contribution in [0.2, 0.25) is 0 Å². The van der Waals surface area contributed by atoms with E-state index >= 15 is 0 Å². The molecule has 0 bridgehead atoms. The normalized spacial score (nSPS) is 13.4. The standard InChI is InChI=1S/C19H20N2O3S/c1-12(10-23-2)21-19(20)25-11-14-9-17(22)24-16-8-7-13-5-3-4-6-15(13)18(14)16/h3-9,12H,10-11H2,1-2H3,(H2,20,21)/t12-/m1/s1. The number of amidine groups is 1. The van der Waals surface area contributed by atoms with Crippen molar-refractivity contribution in [3.63, 3.8) is 0 Å². The molecule has 0 aliphatic rings. The number of methoxy groups -OCH3 is 1. The monoisotopic (exact) mass is 356 g/mol. The summed E-state index contributed by atoms with van der Waals surface area (Å²) in [5, 5.41) is 3.59. The van der Waals surface area contributed by atoms with Gasteiger partial charge in [0.2, 0.25) is 0 Å². The molecule has 0 fully saturated rings. The van der Waals surface area contributed by atoms with Crippen molar-refractivity contribution in [2.75, 3.05) is 13.7 Å². The van der Waals surface area contributed by atoms with Crippen molar-refractivity contribution in [1.82, 2.24) is 0 Å². The number of benzene rings is 2. The van der Waals surface area contributed by atoms with Gasteiger partial charge in [-0.15, -0.1) is 0 Å². The Bertz CT molecular complexity index is 981. The van der Waals surface area contributed by atoms with E-state index < -0.39 is 0 Å². The Hall–Kier alpha value is -2.31. The van der Waals surface area contributed by atoms with Gasteiger partial charge in [0.15, 0.2) is 5.17 Å². The van der Waals surface area contributed by atoms with E-state index in [0.717, 1.165) is 21.7 Å². The van der Waals surface area contributed by atoms with Crippen molar-refractivity contribution in [3.8, 4) is 0 Å². The second kappa shape index (κ2) is 7.72. The Balaban J connectivity index is 1.98. The van der Waals surface area contributed by atoms with E-state index in [1.165, 1.54) is 17.8 Å². The number of nitrogens with two attached hydrogens (primary N) is 1. The molecule has 0 aliphatic heterocycles. The fourth-order valence-electron chi connectivity index (χ4n) is 2.82. The lowest BCUT2D eigenvalue weighted by molar-refractivity contribution is 0.186. The fourth-order valence-corrected chi connectivity index (χ4v) is 3.60. The van der Waals surface area contributed by atoms with E-state index in [1.54, 1.807) is 7.11 Å². The smallest absolute Gasteiger partial charge is 0.336 e. The maximum atomic E-state index is 11.9. The summed E-state index contributed by atoms with van der Waals surface area (Å²) in [5.41, 5.74) is 7.13. The number of nitrogens with zero attached hydrogens (tertiary/aromatic N) is 1. The topological polar surface area (TPSA) is 77.8 Å². The predicted octanol–water partition coefficient (Wildman–Crippen LogP) is 3.53. The summed E-state index contributed by atoms with van der Waals surface area (Å²) in [6, 6.07) is 13.4. The van der Waals surface area contributed by atoms with Crippen molar-refractivity contribution < 1.29 is 9.15 Å². The molecule has 5 nitrogen and oxygen atoms in total. The largest absolute Gasteiger partial charge is 0.423 e. The highest BCUT2D eigenvalue weighted by Crippen LogP contribution is 2.29. The lowest BCUT2D eigenvalue weighted by Gasteiger charge is -2.09. The third kappa shape index (κ3) is 4.03. The Labute approximate surface area is 149 Å². The Morgan fingerprint density at radius 1 is 1.32 bits per heavy atom. The Kier molecular flexibility index (Phi) is 5.40. The molecule has 0 spiro atoms. The number of ether oxygens (including phenoxy) is 1. The molecule has 0 amide bonds. The summed E-state index contributed by atoms with van der Waals surface area (Å²) in [4.78, 5) is 16.3. The van der Waals surface area contributed by atoms with Gasteiger partial charge in [0.1, 0.15) is 5.58 Å². The van der Waals surface area contributed by atoms with Gasteiger partial charge in [-0.1, -0.05) is 42.1 Å². The van der Waals surface area contributed by atoms with Gasteiger partial charge in [0.05, 0.1) is 12.6 Å². The third-order valence-corrected chi connectivity index (χ3v) is 4.70. The quantitative estimate of drug-likeness (QED) is 0.327. The third-order valence-electron chi connectivity index (χ3n) is 3.85. The molecule has 0 saturated heterocycles. The van der Waals surface area contributed by atoms with Gasteiger partial charge in [0.25, 0.3) is 0 Å². The van der Waals surface area contributed by atoms with E-state index in [1.807, 2.05) is 43.3 Å². The lowest BCUT2D eigenvalue weighted by Crippen LogP contribution is -2.15. The molecule has 0 unspecified atom stereocenters. The van der Waals surface area contributed by atoms with Crippen LogP contribution in [0.15, 0.2) is 56.7 Å². The highest BCUT2D eigenvalue weighted by molar-refractivity contribution is 8.13. The molecule has 2 aromatic carbocycles. The van der Waals surface area contributed by atoms with Gasteiger partial charge < -0.3 is 14.9 Å².